The summed E-state index contributed by atoms with van der Waals surface area (Å²) in [4.78, 5) is 28.1. The fraction of sp³-hybridized carbons (Fsp3) is 0.484. The van der Waals surface area contributed by atoms with Crippen LogP contribution in [0.2, 0.25) is 5.02 Å². The van der Waals surface area contributed by atoms with E-state index in [1.165, 1.54) is 39.0 Å². The Morgan fingerprint density at radius 2 is 1.82 bits per heavy atom. The number of aromatic amines is 1. The number of hydrogen-bond acceptors (Lipinski definition) is 5. The summed E-state index contributed by atoms with van der Waals surface area (Å²) < 4.78 is 0. The van der Waals surface area contributed by atoms with Crippen LogP contribution in [0.1, 0.15) is 110 Å². The average molecular weight is 540 g/mol. The molecule has 0 spiro atoms. The highest BCUT2D eigenvalue weighted by Crippen LogP contribution is 2.29. The monoisotopic (exact) mass is 539 g/mol. The molecule has 0 bridgehead atoms. The standard InChI is InChI=1S/C22H24ClN5O.C7H16.C2H6/c1-5-18(24-8-6-13(2)3)19-7-9-25-22(28-19)26-16-10-15-11-20(14(4)29)27-21(15)17(23)12-16;1-3-5-7-6-4-2;1-2/h5,7-13,27H,6H2,1-4H3,(H,25,26,28);3-7H2,1-2H3;1-2H3/b18-5-,24-8?;;. The van der Waals surface area contributed by atoms with Gasteiger partial charge in [0, 0.05) is 30.4 Å². The number of halogens is 1. The average Bonchev–Trinajstić information content (AvgIpc) is 3.34. The van der Waals surface area contributed by atoms with Crippen molar-refractivity contribution in [3.05, 3.63) is 52.9 Å². The molecule has 0 saturated carbocycles. The number of anilines is 2. The Balaban J connectivity index is 0.000000696. The predicted molar refractivity (Wildman–Crippen MR) is 166 cm³/mol. The number of nitrogens with zero attached hydrogens (tertiary/aromatic N) is 3. The third-order valence-corrected chi connectivity index (χ3v) is 5.82. The first-order valence-corrected chi connectivity index (χ1v) is 14.3. The van der Waals surface area contributed by atoms with Crippen molar-refractivity contribution >= 4 is 51.8 Å². The maximum atomic E-state index is 11.6. The molecule has 0 amide bonds. The van der Waals surface area contributed by atoms with Gasteiger partial charge in [0.15, 0.2) is 5.78 Å². The smallest absolute Gasteiger partial charge is 0.227 e. The number of ketones is 1. The van der Waals surface area contributed by atoms with E-state index in [2.05, 4.69) is 53.0 Å². The van der Waals surface area contributed by atoms with Crippen molar-refractivity contribution in [2.24, 2.45) is 10.9 Å². The number of aliphatic imine (C=N–C) groups is 1. The molecular weight excluding hydrogens is 494 g/mol. The van der Waals surface area contributed by atoms with Crippen LogP contribution in [0, 0.1) is 5.92 Å². The van der Waals surface area contributed by atoms with E-state index in [0.29, 0.717) is 22.6 Å². The molecule has 1 aromatic carbocycles. The minimum Gasteiger partial charge on any atom is -0.351 e. The Labute approximate surface area is 234 Å². The zero-order valence-corrected chi connectivity index (χ0v) is 25.2. The van der Waals surface area contributed by atoms with Gasteiger partial charge in [-0.05, 0) is 43.5 Å². The Kier molecular flexibility index (Phi) is 15.9. The number of rotatable bonds is 11. The lowest BCUT2D eigenvalue weighted by molar-refractivity contribution is 0.101. The quantitative estimate of drug-likeness (QED) is 0.144. The molecule has 0 fully saturated rings. The van der Waals surface area contributed by atoms with Crippen LogP contribution >= 0.6 is 11.6 Å². The molecule has 0 aliphatic heterocycles. The number of benzene rings is 1. The van der Waals surface area contributed by atoms with Gasteiger partial charge < -0.3 is 10.3 Å². The van der Waals surface area contributed by atoms with Gasteiger partial charge in [0.1, 0.15) is 0 Å². The number of hydrogen-bond donors (Lipinski definition) is 2. The van der Waals surface area contributed by atoms with E-state index < -0.39 is 0 Å². The number of aromatic nitrogens is 3. The summed E-state index contributed by atoms with van der Waals surface area (Å²) >= 11 is 6.38. The van der Waals surface area contributed by atoms with Gasteiger partial charge in [-0.15, -0.1) is 0 Å². The second kappa shape index (κ2) is 18.3. The van der Waals surface area contributed by atoms with E-state index in [4.69, 9.17) is 11.6 Å². The van der Waals surface area contributed by atoms with Crippen molar-refractivity contribution in [2.45, 2.75) is 93.9 Å². The van der Waals surface area contributed by atoms with E-state index in [0.717, 1.165) is 34.4 Å². The normalized spacial score (nSPS) is 11.3. The minimum absolute atomic E-state index is 0.0419. The van der Waals surface area contributed by atoms with E-state index in [9.17, 15) is 4.79 Å². The number of unbranched alkanes of at least 4 members (excludes halogenated alkanes) is 4. The maximum absolute atomic E-state index is 11.6. The molecule has 2 heterocycles. The molecular formula is C31H46ClN5O. The number of nitrogens with one attached hydrogen (secondary N) is 2. The third kappa shape index (κ3) is 11.2. The van der Waals surface area contributed by atoms with Crippen molar-refractivity contribution in [3.8, 4) is 0 Å². The second-order valence-corrected chi connectivity index (χ2v) is 9.63. The van der Waals surface area contributed by atoms with Crippen LogP contribution in [0.4, 0.5) is 11.6 Å². The first-order valence-electron chi connectivity index (χ1n) is 13.9. The number of H-pyrrole nitrogens is 1. The highest BCUT2D eigenvalue weighted by Gasteiger charge is 2.11. The Morgan fingerprint density at radius 3 is 2.39 bits per heavy atom. The van der Waals surface area contributed by atoms with Crippen molar-refractivity contribution in [2.75, 3.05) is 5.32 Å². The summed E-state index contributed by atoms with van der Waals surface area (Å²) in [5.41, 5.74) is 3.51. The van der Waals surface area contributed by atoms with Gasteiger partial charge in [0.2, 0.25) is 5.95 Å². The highest BCUT2D eigenvalue weighted by atomic mass is 35.5. The summed E-state index contributed by atoms with van der Waals surface area (Å²) in [6.07, 6.45) is 13.5. The Bertz CT molecular complexity index is 1180. The molecule has 3 rings (SSSR count). The molecule has 2 aromatic heterocycles. The lowest BCUT2D eigenvalue weighted by atomic mass is 10.1. The number of carbonyl (C=O) groups excluding carboxylic acids is 1. The van der Waals surface area contributed by atoms with E-state index in [1.807, 2.05) is 45.2 Å². The molecule has 2 N–H and O–H groups in total. The fourth-order valence-electron chi connectivity index (χ4n) is 3.48. The van der Waals surface area contributed by atoms with E-state index in [1.54, 1.807) is 18.3 Å². The first-order chi connectivity index (χ1) is 18.3. The van der Waals surface area contributed by atoms with Crippen LogP contribution in [-0.4, -0.2) is 26.9 Å². The highest BCUT2D eigenvalue weighted by molar-refractivity contribution is 6.35. The van der Waals surface area contributed by atoms with Crippen LogP contribution in [-0.2, 0) is 0 Å². The minimum atomic E-state index is -0.0419. The van der Waals surface area contributed by atoms with Crippen LogP contribution < -0.4 is 5.32 Å². The van der Waals surface area contributed by atoms with E-state index >= 15 is 0 Å². The Hall–Kier alpha value is -2.99. The molecule has 0 radical (unpaired) electrons. The molecule has 38 heavy (non-hydrogen) atoms. The zero-order valence-electron chi connectivity index (χ0n) is 24.5. The number of fused-ring (bicyclic) bond motifs is 1. The lowest BCUT2D eigenvalue weighted by Crippen LogP contribution is -1.99. The van der Waals surface area contributed by atoms with Gasteiger partial charge in [0.25, 0.3) is 0 Å². The topological polar surface area (TPSA) is 83.0 Å². The summed E-state index contributed by atoms with van der Waals surface area (Å²) in [5, 5.41) is 4.54. The van der Waals surface area contributed by atoms with Crippen LogP contribution in [0.15, 0.2) is 41.5 Å². The van der Waals surface area contributed by atoms with Crippen LogP contribution in [0.25, 0.3) is 16.6 Å². The van der Waals surface area contributed by atoms with Gasteiger partial charge in [-0.3, -0.25) is 9.79 Å². The molecule has 0 aliphatic rings. The van der Waals surface area contributed by atoms with Crippen molar-refractivity contribution in [1.82, 2.24) is 15.0 Å². The Morgan fingerprint density at radius 1 is 1.13 bits per heavy atom. The fourth-order valence-corrected chi connectivity index (χ4v) is 3.75. The van der Waals surface area contributed by atoms with Crippen molar-refractivity contribution < 1.29 is 4.79 Å². The molecule has 0 atom stereocenters. The van der Waals surface area contributed by atoms with Crippen LogP contribution in [0.5, 0.6) is 0 Å². The molecule has 3 aromatic rings. The molecule has 0 unspecified atom stereocenters. The lowest BCUT2D eigenvalue weighted by Gasteiger charge is -2.08. The number of carbonyl (C=O) groups is 1. The predicted octanol–water partition coefficient (Wildman–Crippen LogP) is 10.0. The van der Waals surface area contributed by atoms with Gasteiger partial charge in [0.05, 0.1) is 27.6 Å². The molecule has 208 valence electrons. The van der Waals surface area contributed by atoms with E-state index in [-0.39, 0.29) is 5.78 Å². The van der Waals surface area contributed by atoms with Crippen molar-refractivity contribution in [1.29, 1.82) is 0 Å². The number of Topliss-reactive ketones (excluding diaryl/α,β-unsaturated/α-hetero) is 1. The molecule has 0 aliphatic carbocycles. The molecule has 0 saturated heterocycles. The first kappa shape index (κ1) is 33.0. The maximum Gasteiger partial charge on any atom is 0.227 e. The molecule has 6 nitrogen and oxygen atoms in total. The SMILES string of the molecule is C/C=C(\N=CCC(C)C)c1ccnc(Nc2cc(Cl)c3[nH]c(C(C)=O)cc3c2)n1.CC.CCCCCCC. The van der Waals surface area contributed by atoms with Crippen LogP contribution in [0.3, 0.4) is 0 Å². The summed E-state index contributed by atoms with van der Waals surface area (Å²) in [7, 11) is 0. The van der Waals surface area contributed by atoms with Gasteiger partial charge >= 0.3 is 0 Å². The van der Waals surface area contributed by atoms with Gasteiger partial charge in [-0.25, -0.2) is 9.97 Å². The molecule has 7 heteroatoms. The van der Waals surface area contributed by atoms with Gasteiger partial charge in [-0.1, -0.05) is 91.3 Å². The third-order valence-electron chi connectivity index (χ3n) is 5.52. The number of allylic oxidation sites excluding steroid dienone is 1. The summed E-state index contributed by atoms with van der Waals surface area (Å²) in [6, 6.07) is 7.29. The second-order valence-electron chi connectivity index (χ2n) is 9.23. The zero-order chi connectivity index (χ0) is 28.5. The summed E-state index contributed by atoms with van der Waals surface area (Å²) in [5.74, 6) is 0.953. The van der Waals surface area contributed by atoms with Crippen molar-refractivity contribution in [3.63, 3.8) is 0 Å². The largest absolute Gasteiger partial charge is 0.351 e. The summed E-state index contributed by atoms with van der Waals surface area (Å²) in [6.45, 7) is 16.2. The van der Waals surface area contributed by atoms with Gasteiger partial charge in [-0.2, -0.15) is 0 Å².